The van der Waals surface area contributed by atoms with Crippen LogP contribution in [0.3, 0.4) is 0 Å². The van der Waals surface area contributed by atoms with E-state index < -0.39 is 0 Å². The Kier molecular flexibility index (Phi) is 5.40. The van der Waals surface area contributed by atoms with E-state index in [9.17, 15) is 0 Å². The number of nitrogens with zero attached hydrogens (tertiary/aromatic N) is 1. The van der Waals surface area contributed by atoms with Gasteiger partial charge in [0.25, 0.3) is 0 Å². The maximum Gasteiger partial charge on any atom is 0.138 e. The minimum Gasteiger partial charge on any atom is -0.489 e. The minimum atomic E-state index is 0.113. The third-order valence-electron chi connectivity index (χ3n) is 5.55. The highest BCUT2D eigenvalue weighted by Gasteiger charge is 2.25. The van der Waals surface area contributed by atoms with Crippen LogP contribution < -0.4 is 4.74 Å². The lowest BCUT2D eigenvalue weighted by atomic mass is 9.85. The molecule has 0 spiro atoms. The molecule has 27 heavy (non-hydrogen) atoms. The van der Waals surface area contributed by atoms with Gasteiger partial charge in [-0.2, -0.15) is 0 Å². The molecule has 1 N–H and O–H groups in total. The van der Waals surface area contributed by atoms with Gasteiger partial charge in [-0.15, -0.1) is 0 Å². The predicted molar refractivity (Wildman–Crippen MR) is 112 cm³/mol. The standard InChI is InChI=1S/C23H27ClN2O/c1-15(2)27-22-10-9-17(13-20(22)24)19(12-16-6-3-4-7-16)21-14-18-8-5-11-25-23(18)26-21/h5,8-11,13-16,19H,3-4,6-7,12H2,1-2H3,(H,25,26). The summed E-state index contributed by atoms with van der Waals surface area (Å²) < 4.78 is 5.82. The molecular formula is C23H27ClN2O. The molecule has 1 aliphatic rings. The summed E-state index contributed by atoms with van der Waals surface area (Å²) in [5.74, 6) is 1.83. The quantitative estimate of drug-likeness (QED) is 0.514. The second-order valence-electron chi connectivity index (χ2n) is 7.96. The lowest BCUT2D eigenvalue weighted by Crippen LogP contribution is -2.09. The second kappa shape index (κ2) is 7.93. The average Bonchev–Trinajstić information content (AvgIpc) is 3.30. The van der Waals surface area contributed by atoms with Crippen LogP contribution in [0.5, 0.6) is 5.75 Å². The first kappa shape index (κ1) is 18.4. The Bertz CT molecular complexity index is 879. The Balaban J connectivity index is 1.69. The summed E-state index contributed by atoms with van der Waals surface area (Å²) in [6.07, 6.45) is 8.47. The molecule has 1 aliphatic carbocycles. The molecule has 2 aromatic heterocycles. The number of aromatic nitrogens is 2. The summed E-state index contributed by atoms with van der Waals surface area (Å²) in [4.78, 5) is 8.02. The van der Waals surface area contributed by atoms with Crippen LogP contribution in [-0.4, -0.2) is 16.1 Å². The summed E-state index contributed by atoms with van der Waals surface area (Å²) >= 11 is 6.55. The Morgan fingerprint density at radius 2 is 2.00 bits per heavy atom. The maximum absolute atomic E-state index is 6.55. The van der Waals surface area contributed by atoms with Crippen molar-refractivity contribution >= 4 is 22.6 Å². The van der Waals surface area contributed by atoms with Gasteiger partial charge in [-0.25, -0.2) is 4.98 Å². The van der Waals surface area contributed by atoms with Gasteiger partial charge >= 0.3 is 0 Å². The number of hydrogen-bond donors (Lipinski definition) is 1. The molecule has 2 heterocycles. The molecule has 3 nitrogen and oxygen atoms in total. The topological polar surface area (TPSA) is 37.9 Å². The summed E-state index contributed by atoms with van der Waals surface area (Å²) in [7, 11) is 0. The van der Waals surface area contributed by atoms with Crippen molar-refractivity contribution in [2.75, 3.05) is 0 Å². The van der Waals surface area contributed by atoms with Gasteiger partial charge in [0.2, 0.25) is 0 Å². The first-order valence-corrected chi connectivity index (χ1v) is 10.4. The van der Waals surface area contributed by atoms with Crippen molar-refractivity contribution in [2.24, 2.45) is 5.92 Å². The van der Waals surface area contributed by atoms with E-state index in [1.54, 1.807) is 0 Å². The molecule has 0 aliphatic heterocycles. The van der Waals surface area contributed by atoms with Crippen LogP contribution in [0.4, 0.5) is 0 Å². The Hall–Kier alpha value is -2.00. The smallest absolute Gasteiger partial charge is 0.138 e. The number of ether oxygens (including phenoxy) is 1. The largest absolute Gasteiger partial charge is 0.489 e. The molecule has 1 aromatic carbocycles. The molecular weight excluding hydrogens is 356 g/mol. The van der Waals surface area contributed by atoms with E-state index in [2.05, 4.69) is 34.2 Å². The van der Waals surface area contributed by atoms with E-state index >= 15 is 0 Å². The van der Waals surface area contributed by atoms with E-state index in [0.29, 0.717) is 10.9 Å². The van der Waals surface area contributed by atoms with Crippen molar-refractivity contribution in [3.8, 4) is 5.75 Å². The maximum atomic E-state index is 6.55. The van der Waals surface area contributed by atoms with Gasteiger partial charge in [0, 0.05) is 23.2 Å². The number of halogens is 1. The molecule has 3 aromatic rings. The molecule has 1 saturated carbocycles. The van der Waals surface area contributed by atoms with Crippen molar-refractivity contribution in [3.05, 3.63) is 58.9 Å². The third-order valence-corrected chi connectivity index (χ3v) is 5.85. The molecule has 1 atom stereocenters. The Morgan fingerprint density at radius 3 is 2.70 bits per heavy atom. The van der Waals surface area contributed by atoms with Crippen molar-refractivity contribution in [3.63, 3.8) is 0 Å². The molecule has 4 heteroatoms. The van der Waals surface area contributed by atoms with Gasteiger partial charge in [-0.1, -0.05) is 43.4 Å². The molecule has 4 rings (SSSR count). The highest BCUT2D eigenvalue weighted by atomic mass is 35.5. The van der Waals surface area contributed by atoms with Crippen LogP contribution in [0.15, 0.2) is 42.6 Å². The molecule has 1 fully saturated rings. The number of hydrogen-bond acceptors (Lipinski definition) is 2. The van der Waals surface area contributed by atoms with Crippen LogP contribution in [0.25, 0.3) is 11.0 Å². The van der Waals surface area contributed by atoms with Gasteiger partial charge in [0.1, 0.15) is 11.4 Å². The van der Waals surface area contributed by atoms with E-state index in [4.69, 9.17) is 16.3 Å². The van der Waals surface area contributed by atoms with Crippen LogP contribution in [0.1, 0.15) is 63.1 Å². The van der Waals surface area contributed by atoms with E-state index in [1.807, 2.05) is 32.2 Å². The van der Waals surface area contributed by atoms with Gasteiger partial charge in [-0.3, -0.25) is 0 Å². The van der Waals surface area contributed by atoms with Gasteiger partial charge in [0.05, 0.1) is 11.1 Å². The van der Waals surface area contributed by atoms with Crippen molar-refractivity contribution in [2.45, 2.75) is 58.0 Å². The zero-order valence-corrected chi connectivity index (χ0v) is 16.8. The van der Waals surface area contributed by atoms with Crippen LogP contribution in [0.2, 0.25) is 5.02 Å². The summed E-state index contributed by atoms with van der Waals surface area (Å²) in [5, 5.41) is 1.85. The molecule has 0 amide bonds. The number of nitrogens with one attached hydrogen (secondary N) is 1. The summed E-state index contributed by atoms with van der Waals surface area (Å²) in [5.41, 5.74) is 3.42. The number of benzene rings is 1. The van der Waals surface area contributed by atoms with Crippen LogP contribution in [0, 0.1) is 5.92 Å². The van der Waals surface area contributed by atoms with E-state index in [1.165, 1.54) is 36.9 Å². The highest BCUT2D eigenvalue weighted by Crippen LogP contribution is 2.40. The minimum absolute atomic E-state index is 0.113. The van der Waals surface area contributed by atoms with Gasteiger partial charge in [0.15, 0.2) is 0 Å². The van der Waals surface area contributed by atoms with Crippen LogP contribution in [-0.2, 0) is 0 Å². The molecule has 1 unspecified atom stereocenters. The number of pyridine rings is 1. The van der Waals surface area contributed by atoms with Gasteiger partial charge < -0.3 is 9.72 Å². The number of H-pyrrole nitrogens is 1. The Labute approximate surface area is 166 Å². The zero-order valence-electron chi connectivity index (χ0n) is 16.0. The molecule has 0 bridgehead atoms. The summed E-state index contributed by atoms with van der Waals surface area (Å²) in [6, 6.07) is 12.6. The number of aromatic amines is 1. The van der Waals surface area contributed by atoms with Gasteiger partial charge in [-0.05, 0) is 62.1 Å². The SMILES string of the molecule is CC(C)Oc1ccc(C(CC2CCCC2)c2cc3cccnc3[nH]2)cc1Cl. The lowest BCUT2D eigenvalue weighted by Gasteiger charge is -2.21. The highest BCUT2D eigenvalue weighted by molar-refractivity contribution is 6.32. The Morgan fingerprint density at radius 1 is 1.19 bits per heavy atom. The molecule has 0 saturated heterocycles. The second-order valence-corrected chi connectivity index (χ2v) is 8.37. The van der Waals surface area contributed by atoms with Crippen molar-refractivity contribution in [1.29, 1.82) is 0 Å². The fourth-order valence-corrected chi connectivity index (χ4v) is 4.51. The van der Waals surface area contributed by atoms with Crippen LogP contribution >= 0.6 is 11.6 Å². The number of fused-ring (bicyclic) bond motifs is 1. The predicted octanol–water partition coefficient (Wildman–Crippen LogP) is 6.72. The molecule has 142 valence electrons. The molecule has 0 radical (unpaired) electrons. The normalized spacial score (nSPS) is 16.3. The first-order valence-electron chi connectivity index (χ1n) is 10.00. The third kappa shape index (κ3) is 4.14. The van der Waals surface area contributed by atoms with E-state index in [0.717, 1.165) is 29.1 Å². The van der Waals surface area contributed by atoms with E-state index in [-0.39, 0.29) is 6.10 Å². The summed E-state index contributed by atoms with van der Waals surface area (Å²) in [6.45, 7) is 4.04. The van der Waals surface area contributed by atoms with Crippen molar-refractivity contribution < 1.29 is 4.74 Å². The zero-order chi connectivity index (χ0) is 18.8. The fraction of sp³-hybridized carbons (Fsp3) is 0.435. The first-order chi connectivity index (χ1) is 13.1. The fourth-order valence-electron chi connectivity index (χ4n) is 4.27. The number of rotatable bonds is 6. The van der Waals surface area contributed by atoms with Crippen molar-refractivity contribution in [1.82, 2.24) is 9.97 Å². The average molecular weight is 383 g/mol. The monoisotopic (exact) mass is 382 g/mol. The lowest BCUT2D eigenvalue weighted by molar-refractivity contribution is 0.242.